The van der Waals surface area contributed by atoms with Gasteiger partial charge in [0.25, 0.3) is 0 Å². The van der Waals surface area contributed by atoms with Gasteiger partial charge >= 0.3 is 0 Å². The Labute approximate surface area is 182 Å². The second-order valence-electron chi connectivity index (χ2n) is 6.81. The predicted octanol–water partition coefficient (Wildman–Crippen LogP) is 4.86. The van der Waals surface area contributed by atoms with Gasteiger partial charge in [-0.2, -0.15) is 0 Å². The monoisotopic (exact) mass is 418 g/mol. The molecule has 0 aliphatic rings. The molecule has 6 heteroatoms. The Hall–Kier alpha value is -3.64. The average molecular weight is 418 g/mol. The van der Waals surface area contributed by atoms with Crippen LogP contribution < -0.4 is 15.2 Å². The Kier molecular flexibility index (Phi) is 8.20. The lowest BCUT2D eigenvalue weighted by Gasteiger charge is -2.23. The van der Waals surface area contributed by atoms with E-state index in [1.54, 1.807) is 31.2 Å². The third kappa shape index (κ3) is 6.97. The van der Waals surface area contributed by atoms with Crippen LogP contribution in [-0.2, 0) is 20.9 Å². The fourth-order valence-corrected chi connectivity index (χ4v) is 2.80. The molecule has 0 heterocycles. The van der Waals surface area contributed by atoms with E-state index in [0.29, 0.717) is 18.0 Å². The summed E-state index contributed by atoms with van der Waals surface area (Å²) >= 11 is 0. The Bertz CT molecular complexity index is 960. The number of nitrogens with zero attached hydrogens (tertiary/aromatic N) is 1. The molecule has 0 fully saturated rings. The van der Waals surface area contributed by atoms with Crippen molar-refractivity contribution in [3.63, 3.8) is 0 Å². The molecule has 0 bridgehead atoms. The zero-order valence-electron chi connectivity index (χ0n) is 17.5. The second kappa shape index (κ2) is 11.5. The normalized spacial score (nSPS) is 10.4. The molecule has 0 radical (unpaired) electrons. The first kappa shape index (κ1) is 22.1. The van der Waals surface area contributed by atoms with Crippen LogP contribution in [0.15, 0.2) is 84.9 Å². The Morgan fingerprint density at radius 3 is 2.10 bits per heavy atom. The van der Waals surface area contributed by atoms with Crippen molar-refractivity contribution in [2.45, 2.75) is 26.4 Å². The number of para-hydroxylation sites is 1. The van der Waals surface area contributed by atoms with Gasteiger partial charge in [0.2, 0.25) is 11.8 Å². The maximum atomic E-state index is 12.8. The molecule has 3 aromatic carbocycles. The molecule has 0 aliphatic carbocycles. The minimum absolute atomic E-state index is 0.138. The van der Waals surface area contributed by atoms with E-state index in [0.717, 1.165) is 11.3 Å². The second-order valence-corrected chi connectivity index (χ2v) is 6.81. The number of amides is 2. The first-order chi connectivity index (χ1) is 15.2. The summed E-state index contributed by atoms with van der Waals surface area (Å²) in [4.78, 5) is 24.7. The highest BCUT2D eigenvalue weighted by atomic mass is 16.5. The molecule has 1 N–H and O–H groups in total. The molecule has 0 saturated carbocycles. The summed E-state index contributed by atoms with van der Waals surface area (Å²) in [6.45, 7) is 2.42. The molecular weight excluding hydrogens is 392 g/mol. The van der Waals surface area contributed by atoms with E-state index in [1.165, 1.54) is 5.01 Å². The summed E-state index contributed by atoms with van der Waals surface area (Å²) in [7, 11) is 0. The van der Waals surface area contributed by atoms with Crippen molar-refractivity contribution in [3.05, 3.63) is 90.5 Å². The van der Waals surface area contributed by atoms with E-state index < -0.39 is 0 Å². The molecule has 3 aromatic rings. The van der Waals surface area contributed by atoms with Gasteiger partial charge in [-0.25, -0.2) is 5.01 Å². The number of hydrogen-bond acceptors (Lipinski definition) is 4. The van der Waals surface area contributed by atoms with Crippen LogP contribution in [0.4, 0.5) is 5.69 Å². The lowest BCUT2D eigenvalue weighted by Crippen LogP contribution is -2.46. The van der Waals surface area contributed by atoms with E-state index in [2.05, 4.69) is 5.43 Å². The van der Waals surface area contributed by atoms with E-state index in [4.69, 9.17) is 9.47 Å². The molecular formula is C25H26N2O4. The van der Waals surface area contributed by atoms with E-state index in [9.17, 15) is 9.59 Å². The average Bonchev–Trinajstić information content (AvgIpc) is 2.82. The van der Waals surface area contributed by atoms with Crippen molar-refractivity contribution < 1.29 is 19.1 Å². The molecule has 0 spiro atoms. The van der Waals surface area contributed by atoms with Crippen LogP contribution in [0, 0.1) is 0 Å². The van der Waals surface area contributed by atoms with Crippen molar-refractivity contribution in [1.82, 2.24) is 5.43 Å². The molecule has 2 amide bonds. The number of hydrogen-bond donors (Lipinski definition) is 1. The summed E-state index contributed by atoms with van der Waals surface area (Å²) in [5.41, 5.74) is 4.25. The van der Waals surface area contributed by atoms with Crippen molar-refractivity contribution in [1.29, 1.82) is 0 Å². The minimum atomic E-state index is -0.258. The highest BCUT2D eigenvalue weighted by Crippen LogP contribution is 2.24. The molecule has 31 heavy (non-hydrogen) atoms. The minimum Gasteiger partial charge on any atom is -0.457 e. The highest BCUT2D eigenvalue weighted by molar-refractivity contribution is 5.96. The van der Waals surface area contributed by atoms with Gasteiger partial charge < -0.3 is 9.47 Å². The largest absolute Gasteiger partial charge is 0.457 e. The lowest BCUT2D eigenvalue weighted by atomic mass is 10.2. The maximum Gasteiger partial charge on any atom is 0.248 e. The van der Waals surface area contributed by atoms with Gasteiger partial charge in [-0.15, -0.1) is 0 Å². The summed E-state index contributed by atoms with van der Waals surface area (Å²) in [5.74, 6) is 0.850. The third-order valence-corrected chi connectivity index (χ3v) is 4.45. The fourth-order valence-electron chi connectivity index (χ4n) is 2.80. The summed E-state index contributed by atoms with van der Waals surface area (Å²) in [6, 6.07) is 26.2. The SMILES string of the molecule is CCC(=O)NN(C(=O)CCOCc1ccccc1)c1ccc(Oc2ccccc2)cc1. The van der Waals surface area contributed by atoms with Gasteiger partial charge in [0.15, 0.2) is 0 Å². The number of nitrogens with one attached hydrogen (secondary N) is 1. The van der Waals surface area contributed by atoms with Gasteiger partial charge in [-0.05, 0) is 42.0 Å². The molecule has 0 aliphatic heterocycles. The number of carbonyl (C=O) groups is 2. The smallest absolute Gasteiger partial charge is 0.248 e. The topological polar surface area (TPSA) is 67.9 Å². The first-order valence-electron chi connectivity index (χ1n) is 10.2. The number of ether oxygens (including phenoxy) is 2. The molecule has 6 nitrogen and oxygen atoms in total. The van der Waals surface area contributed by atoms with Gasteiger partial charge in [0.05, 0.1) is 25.3 Å². The van der Waals surface area contributed by atoms with E-state index >= 15 is 0 Å². The van der Waals surface area contributed by atoms with Gasteiger partial charge in [-0.3, -0.25) is 15.0 Å². The molecule has 0 saturated heterocycles. The fraction of sp³-hybridized carbons (Fsp3) is 0.200. The molecule has 160 valence electrons. The van der Waals surface area contributed by atoms with Crippen molar-refractivity contribution >= 4 is 17.5 Å². The van der Waals surface area contributed by atoms with Crippen LogP contribution in [-0.4, -0.2) is 18.4 Å². The predicted molar refractivity (Wildman–Crippen MR) is 120 cm³/mol. The third-order valence-electron chi connectivity index (χ3n) is 4.45. The first-order valence-corrected chi connectivity index (χ1v) is 10.2. The van der Waals surface area contributed by atoms with Crippen molar-refractivity contribution in [2.75, 3.05) is 11.6 Å². The van der Waals surface area contributed by atoms with Gasteiger partial charge in [-0.1, -0.05) is 55.5 Å². The van der Waals surface area contributed by atoms with Crippen molar-refractivity contribution in [3.8, 4) is 11.5 Å². The maximum absolute atomic E-state index is 12.8. The van der Waals surface area contributed by atoms with Crippen LogP contribution in [0.3, 0.4) is 0 Å². The number of benzene rings is 3. The van der Waals surface area contributed by atoms with Crippen LogP contribution in [0.5, 0.6) is 11.5 Å². The standard InChI is InChI=1S/C25H26N2O4/c1-2-24(28)26-27(25(29)17-18-30-19-20-9-5-3-6-10-20)21-13-15-23(16-14-21)31-22-11-7-4-8-12-22/h3-16H,2,17-19H2,1H3,(H,26,28). The Morgan fingerprint density at radius 2 is 1.45 bits per heavy atom. The number of hydrazine groups is 1. The lowest BCUT2D eigenvalue weighted by molar-refractivity contribution is -0.126. The highest BCUT2D eigenvalue weighted by Gasteiger charge is 2.18. The van der Waals surface area contributed by atoms with E-state index in [-0.39, 0.29) is 31.3 Å². The summed E-state index contributed by atoms with van der Waals surface area (Å²) < 4.78 is 11.4. The van der Waals surface area contributed by atoms with Gasteiger partial charge in [0, 0.05) is 6.42 Å². The van der Waals surface area contributed by atoms with Crippen LogP contribution in [0.25, 0.3) is 0 Å². The zero-order chi connectivity index (χ0) is 21.9. The van der Waals surface area contributed by atoms with Crippen LogP contribution in [0.1, 0.15) is 25.3 Å². The summed E-state index contributed by atoms with van der Waals surface area (Å²) in [6.07, 6.45) is 0.405. The quantitative estimate of drug-likeness (QED) is 0.398. The van der Waals surface area contributed by atoms with E-state index in [1.807, 2.05) is 60.7 Å². The van der Waals surface area contributed by atoms with Crippen molar-refractivity contribution in [2.24, 2.45) is 0 Å². The number of carbonyl (C=O) groups excluding carboxylic acids is 2. The zero-order valence-corrected chi connectivity index (χ0v) is 17.5. The molecule has 0 aromatic heterocycles. The number of rotatable bonds is 9. The summed E-state index contributed by atoms with van der Waals surface area (Å²) in [5, 5.41) is 1.27. The molecule has 0 unspecified atom stereocenters. The van der Waals surface area contributed by atoms with Crippen LogP contribution in [0.2, 0.25) is 0 Å². The van der Waals surface area contributed by atoms with Crippen LogP contribution >= 0.6 is 0 Å². The Morgan fingerprint density at radius 1 is 0.839 bits per heavy atom. The van der Waals surface area contributed by atoms with Gasteiger partial charge in [0.1, 0.15) is 11.5 Å². The number of anilines is 1. The molecule has 3 rings (SSSR count). The Balaban J connectivity index is 1.60. The molecule has 0 atom stereocenters.